The molecule has 0 heterocycles. The SMILES string of the molecule is COc1ccc(C(=O)NCCN(C2CC2)S(C)(=O)=O)cc1OC. The molecule has 128 valence electrons. The van der Waals surface area contributed by atoms with Gasteiger partial charge in [0, 0.05) is 24.7 Å². The molecule has 0 radical (unpaired) electrons. The standard InChI is InChI=1S/C15H22N2O5S/c1-21-13-7-4-11(10-14(13)22-2)15(18)16-8-9-17(12-5-6-12)23(3,19)20/h4,7,10,12H,5-6,8-9H2,1-3H3,(H,16,18). The van der Waals surface area contributed by atoms with E-state index in [0.717, 1.165) is 12.8 Å². The molecule has 7 nitrogen and oxygen atoms in total. The van der Waals surface area contributed by atoms with Gasteiger partial charge >= 0.3 is 0 Å². The van der Waals surface area contributed by atoms with Crippen LogP contribution in [0.1, 0.15) is 23.2 Å². The normalized spacial score (nSPS) is 14.6. The summed E-state index contributed by atoms with van der Waals surface area (Å²) in [5.74, 6) is 0.729. The molecule has 2 rings (SSSR count). The number of nitrogens with zero attached hydrogens (tertiary/aromatic N) is 1. The number of ether oxygens (including phenoxy) is 2. The van der Waals surface area contributed by atoms with Crippen LogP contribution in [0.4, 0.5) is 0 Å². The summed E-state index contributed by atoms with van der Waals surface area (Å²) in [6, 6.07) is 4.96. The van der Waals surface area contributed by atoms with Gasteiger partial charge < -0.3 is 14.8 Å². The van der Waals surface area contributed by atoms with E-state index in [2.05, 4.69) is 5.32 Å². The Morgan fingerprint density at radius 1 is 1.26 bits per heavy atom. The number of carbonyl (C=O) groups excluding carboxylic acids is 1. The molecule has 0 aromatic heterocycles. The van der Waals surface area contributed by atoms with Crippen molar-refractivity contribution in [2.75, 3.05) is 33.6 Å². The molecule has 0 bridgehead atoms. The van der Waals surface area contributed by atoms with Crippen LogP contribution in [0.15, 0.2) is 18.2 Å². The van der Waals surface area contributed by atoms with E-state index in [4.69, 9.17) is 9.47 Å². The molecule has 0 unspecified atom stereocenters. The van der Waals surface area contributed by atoms with Gasteiger partial charge in [0.15, 0.2) is 11.5 Å². The monoisotopic (exact) mass is 342 g/mol. The number of hydrogen-bond donors (Lipinski definition) is 1. The number of carbonyl (C=O) groups is 1. The lowest BCUT2D eigenvalue weighted by atomic mass is 10.2. The van der Waals surface area contributed by atoms with E-state index in [1.54, 1.807) is 18.2 Å². The van der Waals surface area contributed by atoms with Crippen LogP contribution in [-0.2, 0) is 10.0 Å². The number of amides is 1. The summed E-state index contributed by atoms with van der Waals surface area (Å²) in [7, 11) is -0.216. The van der Waals surface area contributed by atoms with Crippen molar-refractivity contribution < 1.29 is 22.7 Å². The largest absolute Gasteiger partial charge is 0.493 e. The highest BCUT2D eigenvalue weighted by Gasteiger charge is 2.34. The molecule has 0 saturated heterocycles. The Kier molecular flexibility index (Phi) is 5.48. The van der Waals surface area contributed by atoms with Crippen LogP contribution in [-0.4, -0.2) is 58.2 Å². The Balaban J connectivity index is 1.94. The quantitative estimate of drug-likeness (QED) is 0.757. The summed E-state index contributed by atoms with van der Waals surface area (Å²) in [5, 5.41) is 2.73. The Hall–Kier alpha value is -1.80. The van der Waals surface area contributed by atoms with Crippen molar-refractivity contribution in [1.29, 1.82) is 0 Å². The number of hydrogen-bond acceptors (Lipinski definition) is 5. The Bertz CT molecular complexity index is 670. The molecule has 1 saturated carbocycles. The minimum atomic E-state index is -3.24. The molecule has 0 aliphatic heterocycles. The lowest BCUT2D eigenvalue weighted by molar-refractivity contribution is 0.0951. The molecule has 23 heavy (non-hydrogen) atoms. The van der Waals surface area contributed by atoms with Crippen molar-refractivity contribution in [3.8, 4) is 11.5 Å². The van der Waals surface area contributed by atoms with Gasteiger partial charge in [-0.15, -0.1) is 0 Å². The van der Waals surface area contributed by atoms with Crippen molar-refractivity contribution in [3.63, 3.8) is 0 Å². The molecule has 1 aliphatic carbocycles. The fourth-order valence-electron chi connectivity index (χ4n) is 2.34. The highest BCUT2D eigenvalue weighted by atomic mass is 32.2. The first kappa shape index (κ1) is 17.6. The van der Waals surface area contributed by atoms with Gasteiger partial charge in [0.1, 0.15) is 0 Å². The van der Waals surface area contributed by atoms with Crippen LogP contribution in [0.2, 0.25) is 0 Å². The fourth-order valence-corrected chi connectivity index (χ4v) is 3.52. The molecule has 0 spiro atoms. The second-order valence-electron chi connectivity index (χ2n) is 5.43. The van der Waals surface area contributed by atoms with E-state index in [0.29, 0.717) is 17.1 Å². The maximum atomic E-state index is 12.2. The van der Waals surface area contributed by atoms with Crippen LogP contribution in [0.3, 0.4) is 0 Å². The Morgan fingerprint density at radius 2 is 1.91 bits per heavy atom. The summed E-state index contributed by atoms with van der Waals surface area (Å²) in [5.41, 5.74) is 0.431. The molecule has 0 atom stereocenters. The first-order valence-corrected chi connectivity index (χ1v) is 9.18. The molecule has 1 aliphatic rings. The van der Waals surface area contributed by atoms with Crippen molar-refractivity contribution in [2.24, 2.45) is 0 Å². The predicted molar refractivity (Wildman–Crippen MR) is 86.5 cm³/mol. The molecule has 1 N–H and O–H groups in total. The zero-order valence-electron chi connectivity index (χ0n) is 13.5. The average molecular weight is 342 g/mol. The van der Waals surface area contributed by atoms with E-state index < -0.39 is 10.0 Å². The van der Waals surface area contributed by atoms with E-state index in [1.165, 1.54) is 24.8 Å². The van der Waals surface area contributed by atoms with Crippen molar-refractivity contribution in [1.82, 2.24) is 9.62 Å². The number of methoxy groups -OCH3 is 2. The highest BCUT2D eigenvalue weighted by Crippen LogP contribution is 2.29. The van der Waals surface area contributed by atoms with Crippen LogP contribution >= 0.6 is 0 Å². The summed E-state index contributed by atoms with van der Waals surface area (Å²) in [6.07, 6.45) is 2.97. The zero-order valence-corrected chi connectivity index (χ0v) is 14.4. The van der Waals surface area contributed by atoms with Crippen molar-refractivity contribution in [3.05, 3.63) is 23.8 Å². The summed E-state index contributed by atoms with van der Waals surface area (Å²) in [6.45, 7) is 0.541. The molecular weight excluding hydrogens is 320 g/mol. The third-order valence-electron chi connectivity index (χ3n) is 3.64. The maximum absolute atomic E-state index is 12.2. The second kappa shape index (κ2) is 7.18. The first-order chi connectivity index (χ1) is 10.9. The summed E-state index contributed by atoms with van der Waals surface area (Å²) < 4.78 is 35.1. The molecular formula is C15H22N2O5S. The minimum Gasteiger partial charge on any atom is -0.493 e. The molecule has 1 amide bonds. The lowest BCUT2D eigenvalue weighted by Crippen LogP contribution is -2.39. The number of rotatable bonds is 8. The van der Waals surface area contributed by atoms with Gasteiger partial charge in [-0.25, -0.2) is 8.42 Å². The van der Waals surface area contributed by atoms with Crippen LogP contribution in [0, 0.1) is 0 Å². The zero-order chi connectivity index (χ0) is 17.0. The molecule has 8 heteroatoms. The number of benzene rings is 1. The smallest absolute Gasteiger partial charge is 0.251 e. The second-order valence-corrected chi connectivity index (χ2v) is 7.37. The molecule has 1 aromatic rings. The van der Waals surface area contributed by atoms with Gasteiger partial charge in [-0.3, -0.25) is 4.79 Å². The van der Waals surface area contributed by atoms with Crippen LogP contribution in [0.25, 0.3) is 0 Å². The number of nitrogens with one attached hydrogen (secondary N) is 1. The third-order valence-corrected chi connectivity index (χ3v) is 4.98. The predicted octanol–water partition coefficient (Wildman–Crippen LogP) is 0.858. The summed E-state index contributed by atoms with van der Waals surface area (Å²) in [4.78, 5) is 12.2. The van der Waals surface area contributed by atoms with Gasteiger partial charge in [0.25, 0.3) is 5.91 Å². The maximum Gasteiger partial charge on any atom is 0.251 e. The van der Waals surface area contributed by atoms with Crippen molar-refractivity contribution >= 4 is 15.9 Å². The highest BCUT2D eigenvalue weighted by molar-refractivity contribution is 7.88. The van der Waals surface area contributed by atoms with E-state index in [-0.39, 0.29) is 25.0 Å². The Morgan fingerprint density at radius 3 is 2.43 bits per heavy atom. The van der Waals surface area contributed by atoms with Gasteiger partial charge in [-0.2, -0.15) is 4.31 Å². The number of sulfonamides is 1. The van der Waals surface area contributed by atoms with E-state index >= 15 is 0 Å². The lowest BCUT2D eigenvalue weighted by Gasteiger charge is -2.19. The van der Waals surface area contributed by atoms with Crippen LogP contribution in [0.5, 0.6) is 11.5 Å². The molecule has 1 fully saturated rings. The van der Waals surface area contributed by atoms with Crippen LogP contribution < -0.4 is 14.8 Å². The van der Waals surface area contributed by atoms with E-state index in [1.807, 2.05) is 0 Å². The van der Waals surface area contributed by atoms with Crippen molar-refractivity contribution in [2.45, 2.75) is 18.9 Å². The van der Waals surface area contributed by atoms with Gasteiger partial charge in [0.05, 0.1) is 20.5 Å². The van der Waals surface area contributed by atoms with E-state index in [9.17, 15) is 13.2 Å². The minimum absolute atomic E-state index is 0.0861. The van der Waals surface area contributed by atoms with Gasteiger partial charge in [-0.1, -0.05) is 0 Å². The van der Waals surface area contributed by atoms with Gasteiger partial charge in [0.2, 0.25) is 10.0 Å². The average Bonchev–Trinajstić information content (AvgIpc) is 3.33. The summed E-state index contributed by atoms with van der Waals surface area (Å²) >= 11 is 0. The topological polar surface area (TPSA) is 84.9 Å². The third kappa shape index (κ3) is 4.59. The fraction of sp³-hybridized carbons (Fsp3) is 0.533. The first-order valence-electron chi connectivity index (χ1n) is 7.34. The van der Waals surface area contributed by atoms with Gasteiger partial charge in [-0.05, 0) is 31.0 Å². The molecule has 1 aromatic carbocycles. The Labute approximate surface area is 136 Å².